The zero-order valence-electron chi connectivity index (χ0n) is 15.5. The fourth-order valence-corrected chi connectivity index (χ4v) is 2.44. The van der Waals surface area contributed by atoms with E-state index in [1.54, 1.807) is 37.2 Å². The zero-order valence-corrected chi connectivity index (χ0v) is 15.5. The summed E-state index contributed by atoms with van der Waals surface area (Å²) in [7, 11) is 3.34. The molecular weight excluding hydrogens is 373 g/mol. The van der Waals surface area contributed by atoms with Crippen LogP contribution in [0.25, 0.3) is 0 Å². The Morgan fingerprint density at radius 2 is 1.93 bits per heavy atom. The highest BCUT2D eigenvalue weighted by molar-refractivity contribution is 5.94. The molecule has 1 amide bonds. The quantitative estimate of drug-likeness (QED) is 0.560. The van der Waals surface area contributed by atoms with E-state index < -0.39 is 12.4 Å². The lowest BCUT2D eigenvalue weighted by molar-refractivity contribution is -0.115. The Bertz CT molecular complexity index is 813. The second-order valence-electron chi connectivity index (χ2n) is 5.84. The largest absolute Gasteiger partial charge is 0.435 e. The molecule has 0 atom stereocenters. The monoisotopic (exact) mass is 394 g/mol. The summed E-state index contributed by atoms with van der Waals surface area (Å²) in [4.78, 5) is 17.9. The number of benzene rings is 2. The Kier molecular flexibility index (Phi) is 7.67. The number of carbonyl (C=O) groups excluding carboxylic acids is 1. The van der Waals surface area contributed by atoms with E-state index >= 15 is 0 Å². The minimum absolute atomic E-state index is 0.0608. The number of ether oxygens (including phenoxy) is 1. The highest BCUT2D eigenvalue weighted by Gasteiger charge is 2.10. The maximum atomic E-state index is 13.1. The number of hydrogen-bond acceptors (Lipinski definition) is 3. The molecule has 0 saturated carbocycles. The molecule has 0 aliphatic heterocycles. The van der Waals surface area contributed by atoms with Crippen LogP contribution < -0.4 is 15.4 Å². The van der Waals surface area contributed by atoms with Crippen molar-refractivity contribution in [3.05, 3.63) is 59.9 Å². The first-order chi connectivity index (χ1) is 13.4. The number of amides is 1. The number of carbonyl (C=O) groups is 1. The maximum absolute atomic E-state index is 13.1. The summed E-state index contributed by atoms with van der Waals surface area (Å²) in [5.74, 6) is -0.250. The summed E-state index contributed by atoms with van der Waals surface area (Å²) in [5.41, 5.74) is 1.21. The number of alkyl halides is 2. The van der Waals surface area contributed by atoms with Crippen molar-refractivity contribution in [2.75, 3.05) is 26.0 Å². The van der Waals surface area contributed by atoms with Gasteiger partial charge in [-0.15, -0.1) is 0 Å². The van der Waals surface area contributed by atoms with Crippen molar-refractivity contribution >= 4 is 17.6 Å². The molecule has 0 aliphatic rings. The number of aliphatic imine (C=N–C) groups is 1. The van der Waals surface area contributed by atoms with E-state index in [-0.39, 0.29) is 18.2 Å². The lowest BCUT2D eigenvalue weighted by atomic mass is 10.2. The summed E-state index contributed by atoms with van der Waals surface area (Å²) < 4.78 is 41.8. The Balaban J connectivity index is 1.85. The Morgan fingerprint density at radius 3 is 2.54 bits per heavy atom. The second-order valence-corrected chi connectivity index (χ2v) is 5.84. The van der Waals surface area contributed by atoms with Crippen LogP contribution in [0.5, 0.6) is 5.75 Å². The number of rotatable bonds is 7. The van der Waals surface area contributed by atoms with Crippen molar-refractivity contribution in [3.63, 3.8) is 0 Å². The number of halogens is 3. The molecule has 2 aromatic carbocycles. The number of anilines is 1. The van der Waals surface area contributed by atoms with Gasteiger partial charge in [0.15, 0.2) is 5.96 Å². The Morgan fingerprint density at radius 1 is 1.21 bits per heavy atom. The van der Waals surface area contributed by atoms with Crippen LogP contribution in [0.3, 0.4) is 0 Å². The molecule has 0 bridgehead atoms. The third kappa shape index (κ3) is 6.82. The van der Waals surface area contributed by atoms with E-state index in [2.05, 4.69) is 20.4 Å². The van der Waals surface area contributed by atoms with Gasteiger partial charge in [-0.25, -0.2) is 4.39 Å². The van der Waals surface area contributed by atoms with E-state index in [1.165, 1.54) is 30.3 Å². The van der Waals surface area contributed by atoms with Crippen LogP contribution in [0.4, 0.5) is 18.9 Å². The fourth-order valence-electron chi connectivity index (χ4n) is 2.44. The molecule has 2 rings (SSSR count). The molecule has 0 saturated heterocycles. The van der Waals surface area contributed by atoms with Crippen LogP contribution in [0.2, 0.25) is 0 Å². The zero-order chi connectivity index (χ0) is 20.5. The third-order valence-corrected chi connectivity index (χ3v) is 3.66. The highest BCUT2D eigenvalue weighted by atomic mass is 19.3. The highest BCUT2D eigenvalue weighted by Crippen LogP contribution is 2.15. The van der Waals surface area contributed by atoms with Gasteiger partial charge in [0.05, 0.1) is 6.54 Å². The van der Waals surface area contributed by atoms with Crippen LogP contribution in [-0.2, 0) is 11.3 Å². The lowest BCUT2D eigenvalue weighted by Gasteiger charge is -2.22. The summed E-state index contributed by atoms with van der Waals surface area (Å²) in [6.45, 7) is -2.50. The van der Waals surface area contributed by atoms with Gasteiger partial charge in [0.1, 0.15) is 11.6 Å². The van der Waals surface area contributed by atoms with Crippen molar-refractivity contribution in [1.82, 2.24) is 10.2 Å². The van der Waals surface area contributed by atoms with Gasteiger partial charge < -0.3 is 20.3 Å². The van der Waals surface area contributed by atoms with E-state index in [9.17, 15) is 18.0 Å². The molecule has 28 heavy (non-hydrogen) atoms. The van der Waals surface area contributed by atoms with Gasteiger partial charge in [-0.05, 0) is 35.9 Å². The average molecular weight is 394 g/mol. The predicted molar refractivity (Wildman–Crippen MR) is 101 cm³/mol. The molecule has 2 N–H and O–H groups in total. The van der Waals surface area contributed by atoms with Crippen molar-refractivity contribution < 1.29 is 22.7 Å². The van der Waals surface area contributed by atoms with Gasteiger partial charge in [0.25, 0.3) is 0 Å². The average Bonchev–Trinajstić information content (AvgIpc) is 2.63. The van der Waals surface area contributed by atoms with Crippen molar-refractivity contribution in [2.24, 2.45) is 4.99 Å². The van der Waals surface area contributed by atoms with Gasteiger partial charge in [-0.1, -0.05) is 18.2 Å². The Hall–Kier alpha value is -3.23. The fraction of sp³-hybridized carbons (Fsp3) is 0.263. The van der Waals surface area contributed by atoms with Crippen LogP contribution in [-0.4, -0.2) is 44.0 Å². The molecule has 150 valence electrons. The van der Waals surface area contributed by atoms with E-state index in [4.69, 9.17) is 0 Å². The molecule has 6 nitrogen and oxygen atoms in total. The topological polar surface area (TPSA) is 66.0 Å². The van der Waals surface area contributed by atoms with Gasteiger partial charge >= 0.3 is 6.61 Å². The number of guanidine groups is 1. The summed E-state index contributed by atoms with van der Waals surface area (Å²) >= 11 is 0. The third-order valence-electron chi connectivity index (χ3n) is 3.66. The molecule has 9 heteroatoms. The second kappa shape index (κ2) is 10.2. The molecule has 0 aliphatic carbocycles. The molecule has 2 aromatic rings. The lowest BCUT2D eigenvalue weighted by Crippen LogP contribution is -2.42. The number of nitrogens with zero attached hydrogens (tertiary/aromatic N) is 2. The van der Waals surface area contributed by atoms with Crippen LogP contribution in [0.1, 0.15) is 5.56 Å². The molecule has 0 heterocycles. The van der Waals surface area contributed by atoms with Crippen LogP contribution in [0.15, 0.2) is 53.5 Å². The molecular formula is C19H21F3N4O2. The SMILES string of the molecule is CN=C(NCC(=O)Nc1cccc(F)c1)N(C)Cc1ccc(OC(F)F)cc1. The minimum atomic E-state index is -2.87. The molecule has 0 unspecified atom stereocenters. The van der Waals surface area contributed by atoms with Crippen molar-refractivity contribution in [3.8, 4) is 5.75 Å². The van der Waals surface area contributed by atoms with E-state index in [0.717, 1.165) is 5.56 Å². The summed E-state index contributed by atoms with van der Waals surface area (Å²) in [6.07, 6.45) is 0. The molecule has 0 spiro atoms. The van der Waals surface area contributed by atoms with Crippen molar-refractivity contribution in [2.45, 2.75) is 13.2 Å². The number of hydrogen-bond donors (Lipinski definition) is 2. The van der Waals surface area contributed by atoms with Crippen LogP contribution >= 0.6 is 0 Å². The Labute approximate surface area is 161 Å². The van der Waals surface area contributed by atoms with Crippen molar-refractivity contribution in [1.29, 1.82) is 0 Å². The van der Waals surface area contributed by atoms with Gasteiger partial charge in [-0.3, -0.25) is 9.79 Å². The number of nitrogens with one attached hydrogen (secondary N) is 2. The summed E-state index contributed by atoms with van der Waals surface area (Å²) in [6, 6.07) is 11.8. The predicted octanol–water partition coefficient (Wildman–Crippen LogP) is 3.07. The van der Waals surface area contributed by atoms with Gasteiger partial charge in [0.2, 0.25) is 5.91 Å². The van der Waals surface area contributed by atoms with Gasteiger partial charge in [-0.2, -0.15) is 8.78 Å². The first-order valence-corrected chi connectivity index (χ1v) is 8.38. The van der Waals surface area contributed by atoms with Gasteiger partial charge in [0, 0.05) is 26.3 Å². The van der Waals surface area contributed by atoms with Crippen LogP contribution in [0, 0.1) is 5.82 Å². The first kappa shape index (κ1) is 21.1. The summed E-state index contributed by atoms with van der Waals surface area (Å²) in [5, 5.41) is 5.49. The standard InChI is InChI=1S/C19H21F3N4O2/c1-23-19(24-11-17(27)25-15-5-3-4-14(20)10-15)26(2)12-13-6-8-16(9-7-13)28-18(21)22/h3-10,18H,11-12H2,1-2H3,(H,23,24)(H,25,27). The van der Waals surface area contributed by atoms with E-state index in [1.807, 2.05) is 0 Å². The molecule has 0 radical (unpaired) electrons. The smallest absolute Gasteiger partial charge is 0.387 e. The normalized spacial score (nSPS) is 11.3. The van der Waals surface area contributed by atoms with E-state index in [0.29, 0.717) is 18.2 Å². The minimum Gasteiger partial charge on any atom is -0.435 e. The molecule has 0 fully saturated rings. The molecule has 0 aromatic heterocycles. The first-order valence-electron chi connectivity index (χ1n) is 8.38. The maximum Gasteiger partial charge on any atom is 0.387 e.